The fourth-order valence-corrected chi connectivity index (χ4v) is 2.88. The number of halogens is 1. The lowest BCUT2D eigenvalue weighted by atomic mass is 10.2. The van der Waals surface area contributed by atoms with Gasteiger partial charge in [0.15, 0.2) is 0 Å². The molecule has 1 aliphatic rings. The summed E-state index contributed by atoms with van der Waals surface area (Å²) in [5.41, 5.74) is 4.07. The van der Waals surface area contributed by atoms with E-state index in [0.29, 0.717) is 22.7 Å². The number of carbonyl (C=O) groups excluding carboxylic acids is 1. The van der Waals surface area contributed by atoms with E-state index >= 15 is 0 Å². The van der Waals surface area contributed by atoms with Gasteiger partial charge in [0.25, 0.3) is 0 Å². The van der Waals surface area contributed by atoms with Crippen LogP contribution < -0.4 is 20.4 Å². The Bertz CT molecular complexity index is 804. The lowest BCUT2D eigenvalue weighted by Gasteiger charge is -2.18. The molecule has 26 heavy (non-hydrogen) atoms. The second kappa shape index (κ2) is 8.33. The average molecular weight is 356 g/mol. The molecule has 0 unspecified atom stereocenters. The summed E-state index contributed by atoms with van der Waals surface area (Å²) in [7, 11) is 1.52. The third-order valence-electron chi connectivity index (χ3n) is 4.15. The molecule has 0 aliphatic carbocycles. The molecular formula is C19H21FN4O2. The van der Waals surface area contributed by atoms with Gasteiger partial charge >= 0.3 is 6.03 Å². The fraction of sp³-hybridized carbons (Fsp3) is 0.263. The number of rotatable bonds is 5. The van der Waals surface area contributed by atoms with E-state index in [2.05, 4.69) is 15.8 Å². The number of nitrogens with one attached hydrogen (secondary N) is 2. The molecule has 2 amide bonds. The van der Waals surface area contributed by atoms with Gasteiger partial charge in [-0.05, 0) is 42.7 Å². The van der Waals surface area contributed by atoms with Gasteiger partial charge in [-0.1, -0.05) is 18.2 Å². The summed E-state index contributed by atoms with van der Waals surface area (Å²) in [6, 6.07) is 11.5. The first-order valence-electron chi connectivity index (χ1n) is 8.45. The van der Waals surface area contributed by atoms with Crippen LogP contribution in [0.3, 0.4) is 0 Å². The molecule has 1 fully saturated rings. The van der Waals surface area contributed by atoms with Gasteiger partial charge < -0.3 is 15.0 Å². The molecule has 136 valence electrons. The molecule has 2 aromatic carbocycles. The van der Waals surface area contributed by atoms with Crippen LogP contribution in [0.1, 0.15) is 18.4 Å². The molecule has 0 radical (unpaired) electrons. The molecule has 6 nitrogen and oxygen atoms in total. The summed E-state index contributed by atoms with van der Waals surface area (Å²) < 4.78 is 19.4. The van der Waals surface area contributed by atoms with Crippen molar-refractivity contribution in [3.63, 3.8) is 0 Å². The lowest BCUT2D eigenvalue weighted by Crippen LogP contribution is -2.24. The first kappa shape index (κ1) is 17.7. The van der Waals surface area contributed by atoms with Crippen LogP contribution in [0.4, 0.5) is 20.6 Å². The first-order chi connectivity index (χ1) is 12.7. The van der Waals surface area contributed by atoms with Crippen molar-refractivity contribution in [1.29, 1.82) is 0 Å². The van der Waals surface area contributed by atoms with E-state index in [1.54, 1.807) is 36.4 Å². The molecule has 2 aromatic rings. The van der Waals surface area contributed by atoms with Crippen molar-refractivity contribution < 1.29 is 13.9 Å². The standard InChI is InChI=1S/C19H21FN4O2/c1-26-18-7-3-2-6-16(18)22-19(25)23-21-13-14-8-9-17(15(20)12-14)24-10-4-5-11-24/h2-3,6-9,12-13H,4-5,10-11H2,1H3,(H2,22,23,25)/b21-13+. The zero-order valence-electron chi connectivity index (χ0n) is 14.5. The van der Waals surface area contributed by atoms with E-state index in [9.17, 15) is 9.18 Å². The molecule has 0 saturated carbocycles. The molecule has 0 bridgehead atoms. The van der Waals surface area contributed by atoms with Crippen LogP contribution in [0, 0.1) is 5.82 Å². The maximum atomic E-state index is 14.2. The van der Waals surface area contributed by atoms with Crippen molar-refractivity contribution >= 4 is 23.6 Å². The van der Waals surface area contributed by atoms with Crippen molar-refractivity contribution in [3.05, 3.63) is 53.8 Å². The van der Waals surface area contributed by atoms with Crippen molar-refractivity contribution in [2.24, 2.45) is 5.10 Å². The minimum Gasteiger partial charge on any atom is -0.495 e. The summed E-state index contributed by atoms with van der Waals surface area (Å²) in [6.07, 6.45) is 3.58. The maximum Gasteiger partial charge on any atom is 0.339 e. The van der Waals surface area contributed by atoms with Crippen LogP contribution in [0.5, 0.6) is 5.75 Å². The number of benzene rings is 2. The number of methoxy groups -OCH3 is 1. The van der Waals surface area contributed by atoms with Crippen LogP contribution >= 0.6 is 0 Å². The molecule has 0 aromatic heterocycles. The number of hydrogen-bond acceptors (Lipinski definition) is 4. The Balaban J connectivity index is 1.58. The SMILES string of the molecule is COc1ccccc1NC(=O)N/N=C/c1ccc(N2CCCC2)c(F)c1. The summed E-state index contributed by atoms with van der Waals surface area (Å²) in [4.78, 5) is 13.9. The van der Waals surface area contributed by atoms with Crippen LogP contribution in [-0.2, 0) is 0 Å². The fourth-order valence-electron chi connectivity index (χ4n) is 2.88. The van der Waals surface area contributed by atoms with Gasteiger partial charge in [-0.25, -0.2) is 14.6 Å². The molecule has 3 rings (SSSR count). The number of amides is 2. The Hall–Kier alpha value is -3.09. The summed E-state index contributed by atoms with van der Waals surface area (Å²) >= 11 is 0. The van der Waals surface area contributed by atoms with E-state index in [1.165, 1.54) is 19.4 Å². The number of hydrogen-bond donors (Lipinski definition) is 2. The summed E-state index contributed by atoms with van der Waals surface area (Å²) in [5.74, 6) is 0.264. The monoisotopic (exact) mass is 356 g/mol. The number of urea groups is 1. The number of para-hydroxylation sites is 2. The zero-order chi connectivity index (χ0) is 18.4. The van der Waals surface area contributed by atoms with E-state index in [-0.39, 0.29) is 5.82 Å². The second-order valence-electron chi connectivity index (χ2n) is 5.93. The van der Waals surface area contributed by atoms with Crippen LogP contribution in [0.2, 0.25) is 0 Å². The predicted octanol–water partition coefficient (Wildman–Crippen LogP) is 3.59. The van der Waals surface area contributed by atoms with Crippen molar-refractivity contribution in [1.82, 2.24) is 5.43 Å². The Morgan fingerprint density at radius 3 is 2.73 bits per heavy atom. The van der Waals surface area contributed by atoms with Crippen molar-refractivity contribution in [2.45, 2.75) is 12.8 Å². The van der Waals surface area contributed by atoms with Crippen LogP contribution in [0.25, 0.3) is 0 Å². The van der Waals surface area contributed by atoms with Crippen molar-refractivity contribution in [3.8, 4) is 5.75 Å². The highest BCUT2D eigenvalue weighted by Gasteiger charge is 2.15. The summed E-state index contributed by atoms with van der Waals surface area (Å²) in [5, 5.41) is 6.49. The average Bonchev–Trinajstić information content (AvgIpc) is 3.16. The summed E-state index contributed by atoms with van der Waals surface area (Å²) in [6.45, 7) is 1.77. The van der Waals surface area contributed by atoms with Gasteiger partial charge in [-0.15, -0.1) is 0 Å². The highest BCUT2D eigenvalue weighted by atomic mass is 19.1. The third kappa shape index (κ3) is 4.30. The molecule has 1 saturated heterocycles. The molecule has 0 atom stereocenters. The largest absolute Gasteiger partial charge is 0.495 e. The second-order valence-corrected chi connectivity index (χ2v) is 5.93. The van der Waals surface area contributed by atoms with Gasteiger partial charge in [0.1, 0.15) is 11.6 Å². The van der Waals surface area contributed by atoms with Crippen molar-refractivity contribution in [2.75, 3.05) is 30.4 Å². The van der Waals surface area contributed by atoms with Gasteiger partial charge in [0.2, 0.25) is 0 Å². The molecular weight excluding hydrogens is 335 g/mol. The van der Waals surface area contributed by atoms with Gasteiger partial charge in [0, 0.05) is 13.1 Å². The normalized spacial score (nSPS) is 13.8. The molecule has 1 aliphatic heterocycles. The molecule has 1 heterocycles. The Morgan fingerprint density at radius 1 is 1.23 bits per heavy atom. The van der Waals surface area contributed by atoms with Crippen LogP contribution in [-0.4, -0.2) is 32.4 Å². The smallest absolute Gasteiger partial charge is 0.339 e. The Labute approximate surface area is 151 Å². The highest BCUT2D eigenvalue weighted by molar-refractivity contribution is 5.91. The van der Waals surface area contributed by atoms with Gasteiger partial charge in [-0.2, -0.15) is 5.10 Å². The molecule has 2 N–H and O–H groups in total. The molecule has 0 spiro atoms. The first-order valence-corrected chi connectivity index (χ1v) is 8.45. The topological polar surface area (TPSA) is 66.0 Å². The Morgan fingerprint density at radius 2 is 2.00 bits per heavy atom. The molecule has 7 heteroatoms. The number of nitrogens with zero attached hydrogens (tertiary/aromatic N) is 2. The lowest BCUT2D eigenvalue weighted by molar-refractivity contribution is 0.252. The minimum absolute atomic E-state index is 0.283. The quantitative estimate of drug-likeness (QED) is 0.636. The van der Waals surface area contributed by atoms with E-state index in [1.807, 2.05) is 4.90 Å². The number of hydrazone groups is 1. The number of anilines is 2. The van der Waals surface area contributed by atoms with E-state index < -0.39 is 6.03 Å². The van der Waals surface area contributed by atoms with Gasteiger partial charge in [0.05, 0.1) is 24.7 Å². The maximum absolute atomic E-state index is 14.2. The third-order valence-corrected chi connectivity index (χ3v) is 4.15. The Kier molecular flexibility index (Phi) is 5.68. The van der Waals surface area contributed by atoms with Gasteiger partial charge in [-0.3, -0.25) is 0 Å². The zero-order valence-corrected chi connectivity index (χ0v) is 14.5. The predicted molar refractivity (Wildman–Crippen MR) is 101 cm³/mol. The number of carbonyl (C=O) groups is 1. The minimum atomic E-state index is -0.514. The number of ether oxygens (including phenoxy) is 1. The van der Waals surface area contributed by atoms with E-state index in [0.717, 1.165) is 25.9 Å². The van der Waals surface area contributed by atoms with E-state index in [4.69, 9.17) is 4.74 Å². The van der Waals surface area contributed by atoms with Crippen LogP contribution in [0.15, 0.2) is 47.6 Å². The highest BCUT2D eigenvalue weighted by Crippen LogP contribution is 2.24.